The van der Waals surface area contributed by atoms with Crippen LogP contribution >= 0.6 is 0 Å². The molecule has 19 heavy (non-hydrogen) atoms. The SMILES string of the molecule is O=C(CS(=O)(=O)O)OC1C2CC3C(O2)C1OS3(=O)=O. The lowest BCUT2D eigenvalue weighted by Gasteiger charge is -2.21. The minimum absolute atomic E-state index is 0.146. The van der Waals surface area contributed by atoms with Crippen LogP contribution in [0.3, 0.4) is 0 Å². The van der Waals surface area contributed by atoms with E-state index >= 15 is 0 Å². The fraction of sp³-hybridized carbons (Fsp3) is 0.875. The number of fused-ring (bicyclic) bond motifs is 1. The molecule has 9 nitrogen and oxygen atoms in total. The predicted octanol–water partition coefficient (Wildman–Crippen LogP) is -1.95. The van der Waals surface area contributed by atoms with Crippen LogP contribution in [0.15, 0.2) is 0 Å². The highest BCUT2D eigenvalue weighted by molar-refractivity contribution is 7.87. The van der Waals surface area contributed by atoms with E-state index < -0.39 is 61.6 Å². The third kappa shape index (κ3) is 2.14. The molecule has 3 fully saturated rings. The highest BCUT2D eigenvalue weighted by Gasteiger charge is 2.67. The van der Waals surface area contributed by atoms with Crippen LogP contribution in [0.4, 0.5) is 0 Å². The Balaban J connectivity index is 1.74. The number of esters is 1. The van der Waals surface area contributed by atoms with Crippen LogP contribution < -0.4 is 0 Å². The second-order valence-electron chi connectivity index (χ2n) is 4.65. The van der Waals surface area contributed by atoms with Crippen LogP contribution in [0, 0.1) is 0 Å². The first kappa shape index (κ1) is 13.2. The number of carbonyl (C=O) groups is 1. The van der Waals surface area contributed by atoms with Crippen LogP contribution in [-0.4, -0.2) is 62.8 Å². The standard InChI is InChI=1S/C8H10O9S2/c9-5(2-18(10,11)12)16-6-3-1-4-7(15-3)8(6)17-19(4,13)14/h3-4,6-8H,1-2H2,(H,10,11,12). The van der Waals surface area contributed by atoms with E-state index in [1.54, 1.807) is 0 Å². The van der Waals surface area contributed by atoms with Crippen LogP contribution in [0.5, 0.6) is 0 Å². The van der Waals surface area contributed by atoms with Gasteiger partial charge in [0.25, 0.3) is 20.2 Å². The lowest BCUT2D eigenvalue weighted by atomic mass is 9.94. The summed E-state index contributed by atoms with van der Waals surface area (Å²) in [4.78, 5) is 11.3. The Labute approximate surface area is 108 Å². The van der Waals surface area contributed by atoms with Gasteiger partial charge in [0.15, 0.2) is 11.9 Å². The van der Waals surface area contributed by atoms with Gasteiger partial charge in [0.2, 0.25) is 0 Å². The number of ether oxygens (including phenoxy) is 2. The van der Waals surface area contributed by atoms with Crippen molar-refractivity contribution >= 4 is 26.2 Å². The summed E-state index contributed by atoms with van der Waals surface area (Å²) in [5.74, 6) is -2.36. The highest BCUT2D eigenvalue weighted by atomic mass is 32.2. The molecular formula is C8H10O9S2. The zero-order chi connectivity index (χ0) is 14.0. The van der Waals surface area contributed by atoms with E-state index in [4.69, 9.17) is 18.2 Å². The molecule has 11 heteroatoms. The van der Waals surface area contributed by atoms with Crippen molar-refractivity contribution in [3.05, 3.63) is 0 Å². The molecule has 0 radical (unpaired) electrons. The monoisotopic (exact) mass is 314 g/mol. The number of rotatable bonds is 3. The van der Waals surface area contributed by atoms with Crippen molar-refractivity contribution in [2.24, 2.45) is 0 Å². The molecule has 108 valence electrons. The molecule has 0 aromatic rings. The quantitative estimate of drug-likeness (QED) is 0.358. The Morgan fingerprint density at radius 3 is 2.68 bits per heavy atom. The number of hydrogen-bond acceptors (Lipinski definition) is 8. The van der Waals surface area contributed by atoms with Crippen molar-refractivity contribution in [3.63, 3.8) is 0 Å². The average molecular weight is 314 g/mol. The Kier molecular flexibility index (Phi) is 2.71. The summed E-state index contributed by atoms with van der Waals surface area (Å²) in [6.07, 6.45) is -3.05. The Morgan fingerprint density at radius 1 is 1.37 bits per heavy atom. The van der Waals surface area contributed by atoms with Crippen LogP contribution in [0.2, 0.25) is 0 Å². The van der Waals surface area contributed by atoms with E-state index in [0.29, 0.717) is 0 Å². The molecule has 5 unspecified atom stereocenters. The normalized spacial score (nSPS) is 42.5. The van der Waals surface area contributed by atoms with E-state index in [2.05, 4.69) is 0 Å². The molecule has 0 aromatic carbocycles. The summed E-state index contributed by atoms with van der Waals surface area (Å²) in [6.45, 7) is 0. The maximum atomic E-state index is 11.6. The molecule has 0 saturated carbocycles. The van der Waals surface area contributed by atoms with Gasteiger partial charge in [-0.2, -0.15) is 16.8 Å². The minimum atomic E-state index is -4.49. The van der Waals surface area contributed by atoms with Crippen molar-refractivity contribution < 1.29 is 39.8 Å². The first-order valence-corrected chi connectivity index (χ1v) is 8.48. The van der Waals surface area contributed by atoms with Gasteiger partial charge in [-0.05, 0) is 6.42 Å². The molecule has 0 aromatic heterocycles. The lowest BCUT2D eigenvalue weighted by molar-refractivity contribution is -0.151. The van der Waals surface area contributed by atoms with Gasteiger partial charge in [0, 0.05) is 0 Å². The highest BCUT2D eigenvalue weighted by Crippen LogP contribution is 2.47. The molecule has 3 rings (SSSR count). The molecule has 3 heterocycles. The maximum Gasteiger partial charge on any atom is 0.324 e. The van der Waals surface area contributed by atoms with Gasteiger partial charge in [-0.3, -0.25) is 13.5 Å². The van der Waals surface area contributed by atoms with E-state index in [0.717, 1.165) is 0 Å². The molecule has 1 N–H and O–H groups in total. The zero-order valence-corrected chi connectivity index (χ0v) is 11.0. The Bertz CT molecular complexity index is 621. The van der Waals surface area contributed by atoms with Crippen molar-refractivity contribution in [2.75, 3.05) is 5.75 Å². The summed E-state index contributed by atoms with van der Waals surface area (Å²) in [7, 11) is -8.21. The van der Waals surface area contributed by atoms with Gasteiger partial charge >= 0.3 is 5.97 Å². The third-order valence-electron chi connectivity index (χ3n) is 3.36. The largest absolute Gasteiger partial charge is 0.456 e. The van der Waals surface area contributed by atoms with Gasteiger partial charge in [-0.25, -0.2) is 0 Å². The first-order valence-electron chi connectivity index (χ1n) is 5.39. The first-order chi connectivity index (χ1) is 8.67. The molecule has 0 aliphatic carbocycles. The summed E-state index contributed by atoms with van der Waals surface area (Å²) in [5, 5.41) is -0.751. The molecule has 2 bridgehead atoms. The van der Waals surface area contributed by atoms with Gasteiger partial charge in [-0.15, -0.1) is 0 Å². The van der Waals surface area contributed by atoms with Crippen LogP contribution in [-0.2, 0) is 38.7 Å². The lowest BCUT2D eigenvalue weighted by Crippen LogP contribution is -2.42. The van der Waals surface area contributed by atoms with Crippen LogP contribution in [0.1, 0.15) is 6.42 Å². The van der Waals surface area contributed by atoms with E-state index in [1.807, 2.05) is 0 Å². The van der Waals surface area contributed by atoms with Gasteiger partial charge in [0.1, 0.15) is 17.5 Å². The second kappa shape index (κ2) is 3.88. The van der Waals surface area contributed by atoms with Crippen molar-refractivity contribution in [1.29, 1.82) is 0 Å². The van der Waals surface area contributed by atoms with E-state index in [1.165, 1.54) is 0 Å². The molecule has 5 atom stereocenters. The molecule has 3 saturated heterocycles. The average Bonchev–Trinajstić information content (AvgIpc) is 2.78. The fourth-order valence-electron chi connectivity index (χ4n) is 2.70. The van der Waals surface area contributed by atoms with Gasteiger partial charge in [-0.1, -0.05) is 0 Å². The smallest absolute Gasteiger partial charge is 0.324 e. The van der Waals surface area contributed by atoms with Crippen molar-refractivity contribution in [2.45, 2.75) is 36.1 Å². The van der Waals surface area contributed by atoms with E-state index in [9.17, 15) is 21.6 Å². The minimum Gasteiger partial charge on any atom is -0.456 e. The zero-order valence-electron chi connectivity index (χ0n) is 9.33. The summed E-state index contributed by atoms with van der Waals surface area (Å²) in [5.41, 5.74) is 0. The molecule has 3 aliphatic heterocycles. The Hall–Kier alpha value is -0.750. The van der Waals surface area contributed by atoms with E-state index in [-0.39, 0.29) is 6.42 Å². The molecular weight excluding hydrogens is 304 g/mol. The number of carbonyl (C=O) groups excluding carboxylic acids is 1. The molecule has 0 spiro atoms. The summed E-state index contributed by atoms with van der Waals surface area (Å²) in [6, 6.07) is 0. The molecule has 0 amide bonds. The molecule has 3 aliphatic rings. The van der Waals surface area contributed by atoms with Gasteiger partial charge in [0.05, 0.1) is 6.10 Å². The maximum absolute atomic E-state index is 11.6. The van der Waals surface area contributed by atoms with Crippen molar-refractivity contribution in [3.8, 4) is 0 Å². The van der Waals surface area contributed by atoms with Crippen LogP contribution in [0.25, 0.3) is 0 Å². The van der Waals surface area contributed by atoms with Crippen molar-refractivity contribution in [1.82, 2.24) is 0 Å². The third-order valence-corrected chi connectivity index (χ3v) is 5.65. The summed E-state index contributed by atoms with van der Waals surface area (Å²) < 4.78 is 67.7. The number of hydrogen-bond donors (Lipinski definition) is 1. The predicted molar refractivity (Wildman–Crippen MR) is 57.2 cm³/mol. The topological polar surface area (TPSA) is 133 Å². The summed E-state index contributed by atoms with van der Waals surface area (Å²) >= 11 is 0. The van der Waals surface area contributed by atoms with Gasteiger partial charge < -0.3 is 9.47 Å². The fourth-order valence-corrected chi connectivity index (χ4v) is 4.71. The Morgan fingerprint density at radius 2 is 2.05 bits per heavy atom. The second-order valence-corrected chi connectivity index (χ2v) is 7.88.